The highest BCUT2D eigenvalue weighted by molar-refractivity contribution is 6.01. The van der Waals surface area contributed by atoms with E-state index >= 15 is 0 Å². The average Bonchev–Trinajstić information content (AvgIpc) is 3.32. The molecule has 0 bridgehead atoms. The first-order valence-corrected chi connectivity index (χ1v) is 10.7. The molecule has 0 saturated carbocycles. The van der Waals surface area contributed by atoms with Gasteiger partial charge >= 0.3 is 0 Å². The summed E-state index contributed by atoms with van der Waals surface area (Å²) in [6.07, 6.45) is 3.71. The van der Waals surface area contributed by atoms with Crippen LogP contribution < -0.4 is 20.9 Å². The second-order valence-corrected chi connectivity index (χ2v) is 7.87. The maximum absolute atomic E-state index is 14.6. The molecule has 0 fully saturated rings. The molecule has 1 aromatic carbocycles. The Labute approximate surface area is 193 Å². The Balaban J connectivity index is 1.56. The molecule has 0 spiro atoms. The lowest BCUT2D eigenvalue weighted by Crippen LogP contribution is -2.19. The van der Waals surface area contributed by atoms with Gasteiger partial charge in [0.05, 0.1) is 23.6 Å². The van der Waals surface area contributed by atoms with Crippen LogP contribution in [0.4, 0.5) is 10.2 Å². The summed E-state index contributed by atoms with van der Waals surface area (Å²) in [6.45, 7) is 2.46. The van der Waals surface area contributed by atoms with Crippen molar-refractivity contribution in [3.8, 4) is 16.9 Å². The molecule has 10 heteroatoms. The van der Waals surface area contributed by atoms with E-state index in [0.29, 0.717) is 57.8 Å². The largest absolute Gasteiger partial charge is 0.493 e. The molecule has 0 atom stereocenters. The third-order valence-corrected chi connectivity index (χ3v) is 5.91. The van der Waals surface area contributed by atoms with Crippen LogP contribution in [0.5, 0.6) is 5.75 Å². The third kappa shape index (κ3) is 3.62. The number of benzene rings is 1. The number of hydrogen-bond donors (Lipinski definition) is 3. The number of nitrogens with one attached hydrogen (secondary N) is 3. The van der Waals surface area contributed by atoms with Crippen LogP contribution in [0.15, 0.2) is 41.5 Å². The van der Waals surface area contributed by atoms with Crippen molar-refractivity contribution < 1.29 is 13.9 Å². The molecular formula is C24H21FN6O3. The fraction of sp³-hybridized carbons (Fsp3) is 0.208. The van der Waals surface area contributed by atoms with Crippen molar-refractivity contribution in [3.63, 3.8) is 0 Å². The highest BCUT2D eigenvalue weighted by Crippen LogP contribution is 2.33. The summed E-state index contributed by atoms with van der Waals surface area (Å²) in [5, 5.41) is 12.9. The number of aromatic nitrogens is 4. The van der Waals surface area contributed by atoms with Gasteiger partial charge in [-0.25, -0.2) is 19.5 Å². The van der Waals surface area contributed by atoms with Gasteiger partial charge in [0, 0.05) is 54.2 Å². The number of H-pyrrole nitrogens is 1. The molecule has 3 aromatic heterocycles. The minimum atomic E-state index is -0.395. The highest BCUT2D eigenvalue weighted by atomic mass is 19.1. The molecule has 0 radical (unpaired) electrons. The van der Waals surface area contributed by atoms with Gasteiger partial charge in [-0.15, -0.1) is 0 Å². The highest BCUT2D eigenvalue weighted by Gasteiger charge is 2.21. The molecule has 4 heterocycles. The van der Waals surface area contributed by atoms with E-state index in [4.69, 9.17) is 4.74 Å². The Morgan fingerprint density at radius 1 is 1.21 bits per heavy atom. The summed E-state index contributed by atoms with van der Waals surface area (Å²) in [6, 6.07) is 6.35. The van der Waals surface area contributed by atoms with Gasteiger partial charge in [0.2, 0.25) is 0 Å². The van der Waals surface area contributed by atoms with Crippen LogP contribution in [0, 0.1) is 12.7 Å². The lowest BCUT2D eigenvalue weighted by molar-refractivity contribution is 0.0958. The van der Waals surface area contributed by atoms with Gasteiger partial charge in [0.25, 0.3) is 11.5 Å². The molecule has 5 rings (SSSR count). The molecule has 172 valence electrons. The van der Waals surface area contributed by atoms with E-state index in [0.717, 1.165) is 5.56 Å². The summed E-state index contributed by atoms with van der Waals surface area (Å²) in [7, 11) is 1.53. The zero-order valence-corrected chi connectivity index (χ0v) is 18.5. The van der Waals surface area contributed by atoms with Crippen LogP contribution in [-0.4, -0.2) is 39.7 Å². The quantitative estimate of drug-likeness (QED) is 0.419. The summed E-state index contributed by atoms with van der Waals surface area (Å²) >= 11 is 0. The molecule has 34 heavy (non-hydrogen) atoms. The molecule has 1 aliphatic heterocycles. The number of ether oxygens (including phenoxy) is 1. The summed E-state index contributed by atoms with van der Waals surface area (Å²) in [5.74, 6) is 0.462. The van der Waals surface area contributed by atoms with Crippen LogP contribution in [-0.2, 0) is 13.0 Å². The molecular weight excluding hydrogens is 439 g/mol. The van der Waals surface area contributed by atoms with Crippen LogP contribution in [0.1, 0.15) is 27.3 Å². The van der Waals surface area contributed by atoms with Gasteiger partial charge in [-0.05, 0) is 25.1 Å². The van der Waals surface area contributed by atoms with Gasteiger partial charge in [-0.2, -0.15) is 5.10 Å². The molecule has 4 aromatic rings. The fourth-order valence-electron chi connectivity index (χ4n) is 4.23. The Kier molecular flexibility index (Phi) is 5.40. The molecule has 0 unspecified atom stereocenters. The van der Waals surface area contributed by atoms with Crippen molar-refractivity contribution in [2.24, 2.45) is 0 Å². The Morgan fingerprint density at radius 3 is 2.85 bits per heavy atom. The summed E-state index contributed by atoms with van der Waals surface area (Å²) in [4.78, 5) is 33.6. The van der Waals surface area contributed by atoms with E-state index < -0.39 is 5.56 Å². The van der Waals surface area contributed by atoms with Crippen LogP contribution in [0.3, 0.4) is 0 Å². The average molecular weight is 460 g/mol. The lowest BCUT2D eigenvalue weighted by Gasteiger charge is -2.14. The first-order chi connectivity index (χ1) is 16.5. The van der Waals surface area contributed by atoms with Crippen LogP contribution >= 0.6 is 0 Å². The number of fused-ring (bicyclic) bond motifs is 2. The number of hydrogen-bond acceptors (Lipinski definition) is 7. The van der Waals surface area contributed by atoms with Crippen molar-refractivity contribution in [2.45, 2.75) is 19.9 Å². The smallest absolute Gasteiger partial charge is 0.272 e. The van der Waals surface area contributed by atoms with Crippen molar-refractivity contribution in [1.29, 1.82) is 0 Å². The molecule has 3 N–H and O–H groups in total. The maximum atomic E-state index is 14.6. The zero-order chi connectivity index (χ0) is 23.8. The predicted octanol–water partition coefficient (Wildman–Crippen LogP) is 2.73. The summed E-state index contributed by atoms with van der Waals surface area (Å²) in [5.41, 5.74) is 3.02. The Bertz CT molecular complexity index is 1500. The fourth-order valence-corrected chi connectivity index (χ4v) is 4.23. The monoisotopic (exact) mass is 460 g/mol. The molecule has 0 aliphatic carbocycles. The molecule has 9 nitrogen and oxygen atoms in total. The topological polar surface area (TPSA) is 122 Å². The van der Waals surface area contributed by atoms with Crippen LogP contribution in [0.2, 0.25) is 0 Å². The van der Waals surface area contributed by atoms with E-state index in [1.165, 1.54) is 19.3 Å². The van der Waals surface area contributed by atoms with E-state index in [9.17, 15) is 14.0 Å². The Hall–Kier alpha value is -4.34. The van der Waals surface area contributed by atoms with Gasteiger partial charge in [-0.1, -0.05) is 6.07 Å². The zero-order valence-electron chi connectivity index (χ0n) is 18.5. The lowest BCUT2D eigenvalue weighted by atomic mass is 10.0. The Morgan fingerprint density at radius 2 is 2.06 bits per heavy atom. The van der Waals surface area contributed by atoms with Gasteiger partial charge in [0.1, 0.15) is 23.1 Å². The number of nitrogens with zero attached hydrogens (tertiary/aromatic N) is 3. The van der Waals surface area contributed by atoms with Gasteiger partial charge < -0.3 is 15.4 Å². The number of carbonyl (C=O) groups is 1. The third-order valence-electron chi connectivity index (χ3n) is 5.91. The maximum Gasteiger partial charge on any atom is 0.272 e. The minimum absolute atomic E-state index is 0.175. The van der Waals surface area contributed by atoms with Crippen molar-refractivity contribution in [1.82, 2.24) is 25.5 Å². The first kappa shape index (κ1) is 21.5. The van der Waals surface area contributed by atoms with E-state index in [-0.39, 0.29) is 24.0 Å². The second kappa shape index (κ2) is 8.54. The second-order valence-electron chi connectivity index (χ2n) is 7.87. The normalized spacial score (nSPS) is 12.3. The number of pyridine rings is 2. The number of aryl methyl sites for hydroxylation is 1. The van der Waals surface area contributed by atoms with Gasteiger partial charge in [-0.3, -0.25) is 9.59 Å². The standard InChI is InChI=1S/C24H21FN6O3/c1-12-13(3-5-19(30-12)23(32)26-2)16-10-28-22(17-11-29-31-24(33)21(16)17)27-9-15-14-7-8-34-20(14)6-4-18(15)25/h3-6,10-11H,7-9H2,1-2H3,(H,26,32)(H,27,28)(H,31,33). The van der Waals surface area contributed by atoms with Gasteiger partial charge in [0.15, 0.2) is 0 Å². The van der Waals surface area contributed by atoms with E-state index in [1.54, 1.807) is 31.3 Å². The minimum Gasteiger partial charge on any atom is -0.493 e. The van der Waals surface area contributed by atoms with Crippen molar-refractivity contribution in [2.75, 3.05) is 19.0 Å². The van der Waals surface area contributed by atoms with Crippen molar-refractivity contribution in [3.05, 3.63) is 75.3 Å². The predicted molar refractivity (Wildman–Crippen MR) is 124 cm³/mol. The van der Waals surface area contributed by atoms with Crippen molar-refractivity contribution >= 4 is 22.5 Å². The van der Waals surface area contributed by atoms with E-state index in [1.807, 2.05) is 0 Å². The number of aromatic amines is 1. The number of anilines is 1. The molecule has 0 saturated heterocycles. The number of halogens is 1. The first-order valence-electron chi connectivity index (χ1n) is 10.7. The number of carbonyl (C=O) groups excluding carboxylic acids is 1. The van der Waals surface area contributed by atoms with Crippen LogP contribution in [0.25, 0.3) is 21.9 Å². The number of rotatable bonds is 5. The van der Waals surface area contributed by atoms with E-state index in [2.05, 4.69) is 30.8 Å². The molecule has 1 amide bonds. The SMILES string of the molecule is CNC(=O)c1ccc(-c2cnc(NCc3c(F)ccc4c3CCO4)c3cn[nH]c(=O)c23)c(C)n1. The molecule has 1 aliphatic rings. The number of amides is 1. The summed E-state index contributed by atoms with van der Waals surface area (Å²) < 4.78 is 20.1.